The van der Waals surface area contributed by atoms with Crippen molar-refractivity contribution >= 4 is 5.97 Å². The molecular weight excluding hydrogens is 228 g/mol. The van der Waals surface area contributed by atoms with Crippen molar-refractivity contribution in [2.75, 3.05) is 34.5 Å². The second-order valence-electron chi connectivity index (χ2n) is 3.88. The first-order valence-corrected chi connectivity index (χ1v) is 5.47. The molecule has 1 aliphatic heterocycles. The Labute approximate surface area is 101 Å². The monoisotopic (exact) mass is 248 g/mol. The average molecular weight is 248 g/mol. The van der Waals surface area contributed by atoms with Crippen molar-refractivity contribution in [3.8, 4) is 0 Å². The molecule has 1 rings (SSSR count). The zero-order chi connectivity index (χ0) is 12.8. The highest BCUT2D eigenvalue weighted by atomic mass is 16.6. The summed E-state index contributed by atoms with van der Waals surface area (Å²) >= 11 is 0. The van der Waals surface area contributed by atoms with E-state index in [-0.39, 0.29) is 30.9 Å². The van der Waals surface area contributed by atoms with Gasteiger partial charge in [0.2, 0.25) is 0 Å². The predicted molar refractivity (Wildman–Crippen MR) is 58.8 cm³/mol. The third kappa shape index (κ3) is 3.64. The summed E-state index contributed by atoms with van der Waals surface area (Å²) in [6.07, 6.45) is -1.34. The molecule has 0 N–H and O–H groups in total. The molecule has 0 amide bonds. The zero-order valence-corrected chi connectivity index (χ0v) is 10.7. The molecule has 0 bridgehead atoms. The molecule has 0 radical (unpaired) electrons. The summed E-state index contributed by atoms with van der Waals surface area (Å²) in [4.78, 5) is 11.0. The van der Waals surface area contributed by atoms with Crippen molar-refractivity contribution < 1.29 is 28.5 Å². The molecule has 6 nitrogen and oxygen atoms in total. The summed E-state index contributed by atoms with van der Waals surface area (Å²) in [5.41, 5.74) is 0. The van der Waals surface area contributed by atoms with Crippen LogP contribution in [0, 0.1) is 0 Å². The van der Waals surface area contributed by atoms with Crippen molar-refractivity contribution in [1.29, 1.82) is 0 Å². The lowest BCUT2D eigenvalue weighted by Crippen LogP contribution is -2.57. The first-order chi connectivity index (χ1) is 8.13. The number of carbonyl (C=O) groups excluding carboxylic acids is 1. The molecule has 1 heterocycles. The van der Waals surface area contributed by atoms with Crippen LogP contribution in [-0.2, 0) is 28.5 Å². The van der Waals surface area contributed by atoms with Crippen molar-refractivity contribution in [2.24, 2.45) is 0 Å². The van der Waals surface area contributed by atoms with Gasteiger partial charge in [0.15, 0.2) is 6.10 Å². The molecule has 6 heteroatoms. The molecule has 1 fully saturated rings. The highest BCUT2D eigenvalue weighted by Gasteiger charge is 2.42. The van der Waals surface area contributed by atoms with E-state index in [1.165, 1.54) is 6.92 Å². The number of carbonyl (C=O) groups is 1. The Balaban J connectivity index is 2.70. The van der Waals surface area contributed by atoms with E-state index in [1.807, 2.05) is 0 Å². The molecule has 4 atom stereocenters. The Morgan fingerprint density at radius 1 is 1.24 bits per heavy atom. The molecule has 4 unspecified atom stereocenters. The molecule has 0 saturated carbocycles. The largest absolute Gasteiger partial charge is 0.457 e. The fourth-order valence-electron chi connectivity index (χ4n) is 2.02. The normalized spacial score (nSPS) is 33.4. The van der Waals surface area contributed by atoms with E-state index in [9.17, 15) is 4.79 Å². The van der Waals surface area contributed by atoms with Crippen LogP contribution in [0.1, 0.15) is 6.92 Å². The van der Waals surface area contributed by atoms with Crippen LogP contribution >= 0.6 is 0 Å². The number of ether oxygens (including phenoxy) is 5. The van der Waals surface area contributed by atoms with Gasteiger partial charge in [-0.15, -0.1) is 0 Å². The Bertz CT molecular complexity index is 244. The van der Waals surface area contributed by atoms with E-state index < -0.39 is 6.10 Å². The fraction of sp³-hybridized carbons (Fsp3) is 0.909. The van der Waals surface area contributed by atoms with Crippen LogP contribution in [-0.4, -0.2) is 64.9 Å². The van der Waals surface area contributed by atoms with Gasteiger partial charge < -0.3 is 23.7 Å². The number of hydrogen-bond donors (Lipinski definition) is 0. The predicted octanol–water partition coefficient (Wildman–Crippen LogP) is -0.00670. The van der Waals surface area contributed by atoms with Crippen LogP contribution in [0.2, 0.25) is 0 Å². The quantitative estimate of drug-likeness (QED) is 0.638. The summed E-state index contributed by atoms with van der Waals surface area (Å²) in [6, 6.07) is 0. The standard InChI is InChI=1S/C11H20O6/c1-7(12)17-9-6-16-8(5-13-2)10(14-3)11(9)15-4/h8-11H,5-6H2,1-4H3. The van der Waals surface area contributed by atoms with Crippen molar-refractivity contribution in [2.45, 2.75) is 31.3 Å². The topological polar surface area (TPSA) is 63.2 Å². The lowest BCUT2D eigenvalue weighted by molar-refractivity contribution is -0.223. The van der Waals surface area contributed by atoms with Crippen molar-refractivity contribution in [3.63, 3.8) is 0 Å². The highest BCUT2D eigenvalue weighted by Crippen LogP contribution is 2.23. The third-order valence-electron chi connectivity index (χ3n) is 2.72. The second kappa shape index (κ2) is 6.90. The number of rotatable bonds is 5. The van der Waals surface area contributed by atoms with Gasteiger partial charge in [0.05, 0.1) is 13.2 Å². The molecule has 17 heavy (non-hydrogen) atoms. The lowest BCUT2D eigenvalue weighted by atomic mass is 10.00. The Morgan fingerprint density at radius 2 is 1.88 bits per heavy atom. The molecule has 1 aliphatic rings. The Kier molecular flexibility index (Phi) is 5.84. The number of esters is 1. The number of methoxy groups -OCH3 is 3. The van der Waals surface area contributed by atoms with E-state index in [0.29, 0.717) is 6.61 Å². The zero-order valence-electron chi connectivity index (χ0n) is 10.7. The lowest BCUT2D eigenvalue weighted by Gasteiger charge is -2.40. The van der Waals surface area contributed by atoms with Gasteiger partial charge in [0.25, 0.3) is 0 Å². The van der Waals surface area contributed by atoms with Crippen molar-refractivity contribution in [1.82, 2.24) is 0 Å². The Hall–Kier alpha value is -0.690. The minimum absolute atomic E-state index is 0.221. The van der Waals surface area contributed by atoms with Crippen LogP contribution in [0.25, 0.3) is 0 Å². The fourth-order valence-corrected chi connectivity index (χ4v) is 2.02. The van der Waals surface area contributed by atoms with Gasteiger partial charge in [-0.05, 0) is 0 Å². The second-order valence-corrected chi connectivity index (χ2v) is 3.88. The van der Waals surface area contributed by atoms with Crippen LogP contribution in [0.4, 0.5) is 0 Å². The smallest absolute Gasteiger partial charge is 0.303 e. The van der Waals surface area contributed by atoms with Gasteiger partial charge in [-0.2, -0.15) is 0 Å². The summed E-state index contributed by atoms with van der Waals surface area (Å²) in [7, 11) is 4.72. The van der Waals surface area contributed by atoms with Gasteiger partial charge in [0, 0.05) is 28.3 Å². The molecule has 0 aromatic carbocycles. The highest BCUT2D eigenvalue weighted by molar-refractivity contribution is 5.66. The van der Waals surface area contributed by atoms with Gasteiger partial charge in [-0.25, -0.2) is 0 Å². The van der Waals surface area contributed by atoms with E-state index in [2.05, 4.69) is 0 Å². The summed E-state index contributed by atoms with van der Waals surface area (Å²) in [5, 5.41) is 0. The summed E-state index contributed by atoms with van der Waals surface area (Å²) < 4.78 is 26.5. The molecule has 1 saturated heterocycles. The molecule has 0 aromatic rings. The first kappa shape index (κ1) is 14.4. The maximum absolute atomic E-state index is 11.0. The first-order valence-electron chi connectivity index (χ1n) is 5.47. The Morgan fingerprint density at radius 3 is 2.35 bits per heavy atom. The molecular formula is C11H20O6. The van der Waals surface area contributed by atoms with E-state index in [1.54, 1.807) is 21.3 Å². The molecule has 0 aromatic heterocycles. The molecule has 0 aliphatic carbocycles. The molecule has 0 spiro atoms. The van der Waals surface area contributed by atoms with Crippen LogP contribution < -0.4 is 0 Å². The SMILES string of the molecule is COCC1OCC(OC(C)=O)C(OC)C1OC. The number of hydrogen-bond acceptors (Lipinski definition) is 6. The van der Waals surface area contributed by atoms with Crippen LogP contribution in [0.15, 0.2) is 0 Å². The van der Waals surface area contributed by atoms with Crippen LogP contribution in [0.5, 0.6) is 0 Å². The van der Waals surface area contributed by atoms with E-state index in [0.717, 1.165) is 0 Å². The molecule has 100 valence electrons. The average Bonchev–Trinajstić information content (AvgIpc) is 2.30. The van der Waals surface area contributed by atoms with Crippen LogP contribution in [0.3, 0.4) is 0 Å². The third-order valence-corrected chi connectivity index (χ3v) is 2.72. The maximum atomic E-state index is 11.0. The minimum atomic E-state index is -0.449. The van der Waals surface area contributed by atoms with Crippen molar-refractivity contribution in [3.05, 3.63) is 0 Å². The van der Waals surface area contributed by atoms with E-state index >= 15 is 0 Å². The van der Waals surface area contributed by atoms with Gasteiger partial charge in [-0.1, -0.05) is 0 Å². The summed E-state index contributed by atoms with van der Waals surface area (Å²) in [6.45, 7) is 2.05. The van der Waals surface area contributed by atoms with Gasteiger partial charge >= 0.3 is 5.97 Å². The van der Waals surface area contributed by atoms with E-state index in [4.69, 9.17) is 23.7 Å². The maximum Gasteiger partial charge on any atom is 0.303 e. The van der Waals surface area contributed by atoms with Gasteiger partial charge in [0.1, 0.15) is 18.3 Å². The minimum Gasteiger partial charge on any atom is -0.457 e. The van der Waals surface area contributed by atoms with Gasteiger partial charge in [-0.3, -0.25) is 4.79 Å². The summed E-state index contributed by atoms with van der Waals surface area (Å²) in [5.74, 6) is -0.360.